The molecule has 1 aromatic heterocycles. The molecule has 1 aliphatic carbocycles. The molecule has 0 unspecified atom stereocenters. The minimum atomic E-state index is 0. The van der Waals surface area contributed by atoms with Crippen LogP contribution in [0, 0.1) is 0 Å². The fourth-order valence-electron chi connectivity index (χ4n) is 4.03. The summed E-state index contributed by atoms with van der Waals surface area (Å²) in [6.45, 7) is 2.28. The molecule has 3 rings (SSSR count). The number of benzene rings is 1. The number of aryl methyl sites for hydroxylation is 2. The third-order valence-electron chi connectivity index (χ3n) is 5.58. The molecular formula is C23H33Cl2N. The molecule has 0 aliphatic heterocycles. The highest BCUT2D eigenvalue weighted by Gasteiger charge is 2.17. The normalized spacial score (nSPS) is 13.5. The van der Waals surface area contributed by atoms with Gasteiger partial charge in [0.25, 0.3) is 0 Å². The van der Waals surface area contributed by atoms with Crippen LogP contribution in [-0.4, -0.2) is 4.98 Å². The van der Waals surface area contributed by atoms with Gasteiger partial charge in [0.05, 0.1) is 10.5 Å². The summed E-state index contributed by atoms with van der Waals surface area (Å²) in [6.07, 6.45) is 16.8. The van der Waals surface area contributed by atoms with Gasteiger partial charge in [0.15, 0.2) is 0 Å². The van der Waals surface area contributed by atoms with Crippen molar-refractivity contribution in [3.63, 3.8) is 0 Å². The number of aromatic nitrogens is 1. The molecule has 0 atom stereocenters. The van der Waals surface area contributed by atoms with Gasteiger partial charge in [-0.1, -0.05) is 69.5 Å². The van der Waals surface area contributed by atoms with E-state index in [2.05, 4.69) is 25.1 Å². The van der Waals surface area contributed by atoms with E-state index in [4.69, 9.17) is 16.6 Å². The van der Waals surface area contributed by atoms with Crippen molar-refractivity contribution in [2.75, 3.05) is 0 Å². The van der Waals surface area contributed by atoms with Crippen LogP contribution in [0.1, 0.15) is 88.0 Å². The standard InChI is InChI=1S/C23H32ClN.ClH/c1-2-3-4-5-6-7-8-9-12-18-15-16-22-20(17-18)23(24)19-13-10-11-14-21(19)25-22;/h15-17H,2-14H2,1H3;1H. The molecule has 1 aromatic carbocycles. The zero-order valence-electron chi connectivity index (χ0n) is 16.2. The van der Waals surface area contributed by atoms with Crippen molar-refractivity contribution in [3.8, 4) is 0 Å². The molecule has 0 N–H and O–H groups in total. The average Bonchev–Trinajstić information content (AvgIpc) is 2.64. The SMILES string of the molecule is CCCCCCCCCCc1ccc2nc3c(c(Cl)c2c1)CCCC3.Cl. The second-order valence-corrected chi connectivity index (χ2v) is 8.01. The van der Waals surface area contributed by atoms with Crippen molar-refractivity contribution in [1.29, 1.82) is 0 Å². The van der Waals surface area contributed by atoms with Crippen LogP contribution in [0.4, 0.5) is 0 Å². The van der Waals surface area contributed by atoms with Gasteiger partial charge in [-0.3, -0.25) is 4.98 Å². The van der Waals surface area contributed by atoms with E-state index in [1.54, 1.807) is 0 Å². The van der Waals surface area contributed by atoms with Crippen molar-refractivity contribution in [2.24, 2.45) is 0 Å². The maximum atomic E-state index is 6.74. The highest BCUT2D eigenvalue weighted by Crippen LogP contribution is 2.33. The van der Waals surface area contributed by atoms with E-state index >= 15 is 0 Å². The molecule has 1 aliphatic rings. The molecular weight excluding hydrogens is 361 g/mol. The Morgan fingerprint density at radius 3 is 2.38 bits per heavy atom. The van der Waals surface area contributed by atoms with Gasteiger partial charge in [-0.2, -0.15) is 0 Å². The topological polar surface area (TPSA) is 12.9 Å². The van der Waals surface area contributed by atoms with E-state index in [-0.39, 0.29) is 12.4 Å². The second kappa shape index (κ2) is 11.1. The van der Waals surface area contributed by atoms with E-state index in [1.165, 1.54) is 86.4 Å². The summed E-state index contributed by atoms with van der Waals surface area (Å²) < 4.78 is 0. The molecule has 0 saturated carbocycles. The molecule has 3 heteroatoms. The molecule has 0 amide bonds. The largest absolute Gasteiger partial charge is 0.252 e. The predicted octanol–water partition coefficient (Wildman–Crippen LogP) is 7.87. The Hall–Kier alpha value is -0.790. The van der Waals surface area contributed by atoms with Gasteiger partial charge in [0.1, 0.15) is 0 Å². The first-order valence-corrected chi connectivity index (χ1v) is 10.8. The molecule has 0 fully saturated rings. The highest BCUT2D eigenvalue weighted by molar-refractivity contribution is 6.36. The number of unbranched alkanes of at least 4 members (excludes halogenated alkanes) is 7. The summed E-state index contributed by atoms with van der Waals surface area (Å²) >= 11 is 6.74. The van der Waals surface area contributed by atoms with Gasteiger partial charge < -0.3 is 0 Å². The summed E-state index contributed by atoms with van der Waals surface area (Å²) in [6, 6.07) is 6.72. The van der Waals surface area contributed by atoms with Crippen LogP contribution in [0.25, 0.3) is 10.9 Å². The summed E-state index contributed by atoms with van der Waals surface area (Å²) in [7, 11) is 0. The molecule has 1 nitrogen and oxygen atoms in total. The molecule has 0 saturated heterocycles. The number of nitrogens with zero attached hydrogens (tertiary/aromatic N) is 1. The first-order chi connectivity index (χ1) is 12.3. The zero-order chi connectivity index (χ0) is 17.5. The van der Waals surface area contributed by atoms with Gasteiger partial charge in [-0.25, -0.2) is 0 Å². The lowest BCUT2D eigenvalue weighted by Crippen LogP contribution is -2.06. The lowest BCUT2D eigenvalue weighted by atomic mass is 9.94. The monoisotopic (exact) mass is 393 g/mol. The zero-order valence-corrected chi connectivity index (χ0v) is 17.7. The Labute approximate surface area is 170 Å². The third kappa shape index (κ3) is 5.60. The maximum Gasteiger partial charge on any atom is 0.0720 e. The molecule has 1 heterocycles. The first kappa shape index (κ1) is 21.5. The number of halogens is 2. The summed E-state index contributed by atoms with van der Waals surface area (Å²) in [5.41, 5.74) is 5.03. The van der Waals surface area contributed by atoms with Crippen molar-refractivity contribution < 1.29 is 0 Å². The van der Waals surface area contributed by atoms with Gasteiger partial charge in [-0.15, -0.1) is 12.4 Å². The Balaban J connectivity index is 0.00000243. The van der Waals surface area contributed by atoms with Gasteiger partial charge in [-0.05, 0) is 61.8 Å². The summed E-state index contributed by atoms with van der Waals surface area (Å²) in [5.74, 6) is 0. The van der Waals surface area contributed by atoms with E-state index in [1.807, 2.05) is 0 Å². The van der Waals surface area contributed by atoms with Crippen LogP contribution in [-0.2, 0) is 19.3 Å². The average molecular weight is 394 g/mol. The smallest absolute Gasteiger partial charge is 0.0720 e. The van der Waals surface area contributed by atoms with Crippen LogP contribution >= 0.6 is 24.0 Å². The van der Waals surface area contributed by atoms with Crippen LogP contribution in [0.15, 0.2) is 18.2 Å². The highest BCUT2D eigenvalue weighted by atomic mass is 35.5. The number of rotatable bonds is 9. The summed E-state index contributed by atoms with van der Waals surface area (Å²) in [5, 5.41) is 2.14. The molecule has 144 valence electrons. The van der Waals surface area contributed by atoms with Crippen molar-refractivity contribution in [1.82, 2.24) is 4.98 Å². The van der Waals surface area contributed by atoms with E-state index in [9.17, 15) is 0 Å². The van der Waals surface area contributed by atoms with E-state index in [0.29, 0.717) is 0 Å². The van der Waals surface area contributed by atoms with Crippen LogP contribution < -0.4 is 0 Å². The van der Waals surface area contributed by atoms with Crippen molar-refractivity contribution in [2.45, 2.75) is 90.4 Å². The first-order valence-electron chi connectivity index (χ1n) is 10.4. The summed E-state index contributed by atoms with van der Waals surface area (Å²) in [4.78, 5) is 4.88. The molecule has 26 heavy (non-hydrogen) atoms. The third-order valence-corrected chi connectivity index (χ3v) is 6.01. The molecule has 2 aromatic rings. The van der Waals surface area contributed by atoms with Crippen LogP contribution in [0.5, 0.6) is 0 Å². The van der Waals surface area contributed by atoms with E-state index < -0.39 is 0 Å². The van der Waals surface area contributed by atoms with Crippen molar-refractivity contribution >= 4 is 34.9 Å². The maximum absolute atomic E-state index is 6.74. The van der Waals surface area contributed by atoms with Gasteiger partial charge >= 0.3 is 0 Å². The molecule has 0 bridgehead atoms. The Morgan fingerprint density at radius 2 is 1.62 bits per heavy atom. The van der Waals surface area contributed by atoms with Gasteiger partial charge in [0.2, 0.25) is 0 Å². The fourth-order valence-corrected chi connectivity index (χ4v) is 4.39. The van der Waals surface area contributed by atoms with Crippen molar-refractivity contribution in [3.05, 3.63) is 40.0 Å². The number of pyridine rings is 1. The second-order valence-electron chi connectivity index (χ2n) is 7.63. The molecule has 0 spiro atoms. The minimum absolute atomic E-state index is 0. The number of fused-ring (bicyclic) bond motifs is 2. The van der Waals surface area contributed by atoms with Crippen LogP contribution in [0.3, 0.4) is 0 Å². The fraction of sp³-hybridized carbons (Fsp3) is 0.609. The lowest BCUT2D eigenvalue weighted by molar-refractivity contribution is 0.575. The Morgan fingerprint density at radius 1 is 0.923 bits per heavy atom. The lowest BCUT2D eigenvalue weighted by Gasteiger charge is -2.18. The minimum Gasteiger partial charge on any atom is -0.252 e. The number of hydrogen-bond donors (Lipinski definition) is 0. The Kier molecular flexibility index (Phi) is 9.22. The Bertz CT molecular complexity index is 696. The van der Waals surface area contributed by atoms with Crippen LogP contribution in [0.2, 0.25) is 5.02 Å². The quantitative estimate of drug-likeness (QED) is 0.394. The molecule has 0 radical (unpaired) electrons. The van der Waals surface area contributed by atoms with E-state index in [0.717, 1.165) is 29.8 Å². The number of hydrogen-bond acceptors (Lipinski definition) is 1. The van der Waals surface area contributed by atoms with Gasteiger partial charge in [0, 0.05) is 11.1 Å². The predicted molar refractivity (Wildman–Crippen MR) is 117 cm³/mol.